The van der Waals surface area contributed by atoms with Crippen LogP contribution in [0.1, 0.15) is 25.3 Å². The van der Waals surface area contributed by atoms with Gasteiger partial charge in [-0.2, -0.15) is 0 Å². The Morgan fingerprint density at radius 3 is 2.91 bits per heavy atom. The van der Waals surface area contributed by atoms with Gasteiger partial charge >= 0.3 is 0 Å². The molecule has 3 rings (SSSR count). The van der Waals surface area contributed by atoms with Gasteiger partial charge < -0.3 is 15.0 Å². The first-order valence-corrected chi connectivity index (χ1v) is 8.19. The van der Waals surface area contributed by atoms with E-state index in [4.69, 9.17) is 4.74 Å². The van der Waals surface area contributed by atoms with Gasteiger partial charge in [0.15, 0.2) is 0 Å². The van der Waals surface area contributed by atoms with Crippen LogP contribution in [0, 0.1) is 0 Å². The number of anilines is 1. The first kappa shape index (κ1) is 15.8. The number of nitrogens with one attached hydrogen (secondary N) is 2. The number of ether oxygens (including phenoxy) is 1. The minimum atomic E-state index is -0.769. The fraction of sp³-hybridized carbons (Fsp3) is 0.529. The largest absolute Gasteiger partial charge is 0.490 e. The number of fused-ring (bicyclic) bond motifs is 1. The van der Waals surface area contributed by atoms with Crippen LogP contribution < -0.4 is 20.3 Å². The zero-order valence-corrected chi connectivity index (χ0v) is 13.4. The van der Waals surface area contributed by atoms with Crippen molar-refractivity contribution < 1.29 is 14.3 Å². The van der Waals surface area contributed by atoms with E-state index in [1.54, 1.807) is 0 Å². The normalized spacial score (nSPS) is 23.1. The summed E-state index contributed by atoms with van der Waals surface area (Å²) in [5.74, 6) is 0.523. The SMILES string of the molecule is CCCC1(C(=O)NC=O)COc2c(N3CCNCC3)cccc21. The fourth-order valence-electron chi connectivity index (χ4n) is 3.61. The van der Waals surface area contributed by atoms with Crippen LogP contribution in [0.3, 0.4) is 0 Å². The van der Waals surface area contributed by atoms with Gasteiger partial charge in [-0.25, -0.2) is 0 Å². The Bertz CT molecular complexity index is 599. The van der Waals surface area contributed by atoms with Gasteiger partial charge in [0, 0.05) is 31.7 Å². The van der Waals surface area contributed by atoms with Crippen molar-refractivity contribution in [3.05, 3.63) is 23.8 Å². The Balaban J connectivity index is 2.01. The number of amides is 2. The molecule has 124 valence electrons. The van der Waals surface area contributed by atoms with Crippen molar-refractivity contribution in [1.82, 2.24) is 10.6 Å². The van der Waals surface area contributed by atoms with E-state index in [1.165, 1.54) is 0 Å². The molecule has 1 aromatic rings. The molecule has 6 nitrogen and oxygen atoms in total. The number of carbonyl (C=O) groups is 2. The molecule has 0 saturated carbocycles. The Kier molecular flexibility index (Phi) is 4.52. The van der Waals surface area contributed by atoms with Crippen molar-refractivity contribution in [3.63, 3.8) is 0 Å². The van der Waals surface area contributed by atoms with E-state index in [0.717, 1.165) is 49.6 Å². The lowest BCUT2D eigenvalue weighted by molar-refractivity contribution is -0.130. The third-order valence-corrected chi connectivity index (χ3v) is 4.73. The topological polar surface area (TPSA) is 70.7 Å². The zero-order valence-electron chi connectivity index (χ0n) is 13.4. The monoisotopic (exact) mass is 317 g/mol. The number of imide groups is 1. The Labute approximate surface area is 136 Å². The second kappa shape index (κ2) is 6.58. The average Bonchev–Trinajstić information content (AvgIpc) is 2.96. The van der Waals surface area contributed by atoms with Crippen LogP contribution in [0.4, 0.5) is 5.69 Å². The van der Waals surface area contributed by atoms with Crippen molar-refractivity contribution in [2.24, 2.45) is 0 Å². The highest BCUT2D eigenvalue weighted by Crippen LogP contribution is 2.47. The van der Waals surface area contributed by atoms with Gasteiger partial charge in [0.05, 0.1) is 5.69 Å². The number of hydrogen-bond donors (Lipinski definition) is 2. The predicted octanol–water partition coefficient (Wildman–Crippen LogP) is 0.799. The minimum Gasteiger partial charge on any atom is -0.490 e. The summed E-state index contributed by atoms with van der Waals surface area (Å²) in [7, 11) is 0. The van der Waals surface area contributed by atoms with Crippen molar-refractivity contribution in [2.75, 3.05) is 37.7 Å². The lowest BCUT2D eigenvalue weighted by atomic mass is 9.77. The highest BCUT2D eigenvalue weighted by molar-refractivity contribution is 5.96. The highest BCUT2D eigenvalue weighted by Gasteiger charge is 2.47. The molecule has 2 aliphatic heterocycles. The van der Waals surface area contributed by atoms with E-state index >= 15 is 0 Å². The highest BCUT2D eigenvalue weighted by atomic mass is 16.5. The first-order chi connectivity index (χ1) is 11.2. The second-order valence-corrected chi connectivity index (χ2v) is 6.10. The van der Waals surface area contributed by atoms with Crippen LogP contribution in [0.5, 0.6) is 5.75 Å². The molecule has 1 aromatic carbocycles. The van der Waals surface area contributed by atoms with Gasteiger partial charge in [0.2, 0.25) is 12.3 Å². The van der Waals surface area contributed by atoms with Crippen LogP contribution in [-0.2, 0) is 15.0 Å². The van der Waals surface area contributed by atoms with Gasteiger partial charge in [-0.1, -0.05) is 25.5 Å². The van der Waals surface area contributed by atoms with Gasteiger partial charge in [0.25, 0.3) is 0 Å². The summed E-state index contributed by atoms with van der Waals surface area (Å²) in [4.78, 5) is 25.6. The summed E-state index contributed by atoms with van der Waals surface area (Å²) in [5, 5.41) is 5.67. The molecule has 0 spiro atoms. The predicted molar refractivity (Wildman–Crippen MR) is 87.8 cm³/mol. The fourth-order valence-corrected chi connectivity index (χ4v) is 3.61. The van der Waals surface area contributed by atoms with E-state index in [0.29, 0.717) is 19.4 Å². The van der Waals surface area contributed by atoms with Gasteiger partial charge in [0.1, 0.15) is 17.8 Å². The van der Waals surface area contributed by atoms with Crippen LogP contribution in [0.15, 0.2) is 18.2 Å². The standard InChI is InChI=1S/C17H23N3O3/c1-2-6-17(16(22)19-12-21)11-23-15-13(17)4-3-5-14(15)20-9-7-18-8-10-20/h3-5,12,18H,2,6-11H2,1H3,(H,19,21,22). The number of benzene rings is 1. The van der Waals surface area contributed by atoms with Gasteiger partial charge in [-0.3, -0.25) is 14.9 Å². The molecule has 0 aliphatic carbocycles. The maximum Gasteiger partial charge on any atom is 0.240 e. The van der Waals surface area contributed by atoms with Crippen LogP contribution >= 0.6 is 0 Å². The Hall–Kier alpha value is -2.08. The summed E-state index contributed by atoms with van der Waals surface area (Å²) < 4.78 is 5.98. The maximum atomic E-state index is 12.6. The summed E-state index contributed by atoms with van der Waals surface area (Å²) in [6, 6.07) is 5.97. The van der Waals surface area contributed by atoms with Gasteiger partial charge in [-0.15, -0.1) is 0 Å². The summed E-state index contributed by atoms with van der Waals surface area (Å²) in [6.07, 6.45) is 1.95. The third kappa shape index (κ3) is 2.67. The lowest BCUT2D eigenvalue weighted by Gasteiger charge is -2.31. The Morgan fingerprint density at radius 2 is 2.22 bits per heavy atom. The number of rotatable bonds is 5. The molecular formula is C17H23N3O3. The quantitative estimate of drug-likeness (QED) is 0.786. The van der Waals surface area contributed by atoms with Crippen molar-refractivity contribution in [2.45, 2.75) is 25.2 Å². The lowest BCUT2D eigenvalue weighted by Crippen LogP contribution is -2.45. The zero-order chi connectivity index (χ0) is 16.3. The summed E-state index contributed by atoms with van der Waals surface area (Å²) in [6.45, 7) is 6.04. The first-order valence-electron chi connectivity index (χ1n) is 8.19. The van der Waals surface area contributed by atoms with E-state index in [1.807, 2.05) is 25.1 Å². The molecule has 1 fully saturated rings. The number of carbonyl (C=O) groups excluding carboxylic acids is 2. The molecule has 6 heteroatoms. The number of nitrogens with zero attached hydrogens (tertiary/aromatic N) is 1. The van der Waals surface area contributed by atoms with E-state index in [-0.39, 0.29) is 5.91 Å². The molecule has 2 amide bonds. The van der Waals surface area contributed by atoms with Crippen molar-refractivity contribution in [3.8, 4) is 5.75 Å². The maximum absolute atomic E-state index is 12.6. The van der Waals surface area contributed by atoms with Crippen molar-refractivity contribution in [1.29, 1.82) is 0 Å². The van der Waals surface area contributed by atoms with E-state index in [2.05, 4.69) is 15.5 Å². The second-order valence-electron chi connectivity index (χ2n) is 6.10. The Morgan fingerprint density at radius 1 is 1.43 bits per heavy atom. The third-order valence-electron chi connectivity index (χ3n) is 4.73. The average molecular weight is 317 g/mol. The molecule has 1 saturated heterocycles. The smallest absolute Gasteiger partial charge is 0.240 e. The number of piperazine rings is 1. The number of para-hydroxylation sites is 1. The van der Waals surface area contributed by atoms with E-state index in [9.17, 15) is 9.59 Å². The van der Waals surface area contributed by atoms with Crippen LogP contribution in [0.25, 0.3) is 0 Å². The molecule has 2 heterocycles. The van der Waals surface area contributed by atoms with Crippen LogP contribution in [-0.4, -0.2) is 45.1 Å². The molecule has 1 unspecified atom stereocenters. The van der Waals surface area contributed by atoms with Crippen LogP contribution in [0.2, 0.25) is 0 Å². The summed E-state index contributed by atoms with van der Waals surface area (Å²) >= 11 is 0. The molecule has 2 aliphatic rings. The molecule has 0 bridgehead atoms. The van der Waals surface area contributed by atoms with E-state index < -0.39 is 5.41 Å². The molecule has 0 aromatic heterocycles. The minimum absolute atomic E-state index is 0.273. The summed E-state index contributed by atoms with van der Waals surface area (Å²) in [5.41, 5.74) is 1.17. The van der Waals surface area contributed by atoms with Gasteiger partial charge in [-0.05, 0) is 12.5 Å². The molecule has 2 N–H and O–H groups in total. The molecule has 23 heavy (non-hydrogen) atoms. The number of hydrogen-bond acceptors (Lipinski definition) is 5. The molecule has 1 atom stereocenters. The molecule has 0 radical (unpaired) electrons. The molecular weight excluding hydrogens is 294 g/mol. The van der Waals surface area contributed by atoms with Crippen molar-refractivity contribution >= 4 is 18.0 Å².